The Morgan fingerprint density at radius 3 is 3.05 bits per heavy atom. The van der Waals surface area contributed by atoms with Crippen molar-refractivity contribution in [1.29, 1.82) is 0 Å². The zero-order valence-electron chi connectivity index (χ0n) is 11.1. The summed E-state index contributed by atoms with van der Waals surface area (Å²) >= 11 is 1.54. The van der Waals surface area contributed by atoms with E-state index in [-0.39, 0.29) is 17.8 Å². The van der Waals surface area contributed by atoms with Crippen molar-refractivity contribution in [3.63, 3.8) is 0 Å². The summed E-state index contributed by atoms with van der Waals surface area (Å²) in [4.78, 5) is 14.2. The molecule has 104 valence electrons. The molecule has 1 atom stereocenters. The summed E-state index contributed by atoms with van der Waals surface area (Å²) in [5, 5.41) is 0. The summed E-state index contributed by atoms with van der Waals surface area (Å²) in [5.74, 6) is 0.297. The molecule has 0 aliphatic carbocycles. The third-order valence-electron chi connectivity index (χ3n) is 3.50. The zero-order valence-corrected chi connectivity index (χ0v) is 11.9. The molecule has 1 aliphatic heterocycles. The monoisotopic (exact) mass is 282 g/mol. The van der Waals surface area contributed by atoms with E-state index in [9.17, 15) is 9.18 Å². The van der Waals surface area contributed by atoms with Crippen molar-refractivity contribution in [3.8, 4) is 0 Å². The smallest absolute Gasteiger partial charge is 0.254 e. The molecule has 3 nitrogen and oxygen atoms in total. The van der Waals surface area contributed by atoms with E-state index in [4.69, 9.17) is 5.73 Å². The van der Waals surface area contributed by atoms with E-state index >= 15 is 0 Å². The van der Waals surface area contributed by atoms with Crippen molar-refractivity contribution in [1.82, 2.24) is 4.90 Å². The zero-order chi connectivity index (χ0) is 13.8. The van der Waals surface area contributed by atoms with Crippen LogP contribution in [0.15, 0.2) is 18.2 Å². The van der Waals surface area contributed by atoms with Gasteiger partial charge in [0, 0.05) is 30.4 Å². The van der Waals surface area contributed by atoms with Crippen LogP contribution in [-0.2, 0) is 5.75 Å². The van der Waals surface area contributed by atoms with Gasteiger partial charge in [-0.05, 0) is 42.9 Å². The maximum Gasteiger partial charge on any atom is 0.254 e. The van der Waals surface area contributed by atoms with E-state index in [1.54, 1.807) is 23.9 Å². The van der Waals surface area contributed by atoms with Crippen LogP contribution in [0.1, 0.15) is 28.8 Å². The minimum absolute atomic E-state index is 0.0321. The summed E-state index contributed by atoms with van der Waals surface area (Å²) < 4.78 is 13.6. The van der Waals surface area contributed by atoms with E-state index in [0.717, 1.165) is 19.4 Å². The minimum Gasteiger partial charge on any atom is -0.334 e. The predicted octanol–water partition coefficient (Wildman–Crippen LogP) is 2.25. The first kappa shape index (κ1) is 14.3. The minimum atomic E-state index is -0.248. The SMILES string of the molecule is CSCc1cc(C(=O)N2CCC[C@@H]2CN)ccc1F. The lowest BCUT2D eigenvalue weighted by Gasteiger charge is -2.23. The van der Waals surface area contributed by atoms with E-state index in [0.29, 0.717) is 23.4 Å². The van der Waals surface area contributed by atoms with Crippen molar-refractivity contribution in [2.45, 2.75) is 24.6 Å². The molecule has 1 aromatic carbocycles. The van der Waals surface area contributed by atoms with Crippen molar-refractivity contribution >= 4 is 17.7 Å². The van der Waals surface area contributed by atoms with Crippen LogP contribution in [0.3, 0.4) is 0 Å². The number of rotatable bonds is 4. The lowest BCUT2D eigenvalue weighted by Crippen LogP contribution is -2.39. The van der Waals surface area contributed by atoms with Crippen molar-refractivity contribution in [2.75, 3.05) is 19.3 Å². The van der Waals surface area contributed by atoms with Gasteiger partial charge in [-0.25, -0.2) is 4.39 Å². The number of benzene rings is 1. The second-order valence-electron chi connectivity index (χ2n) is 4.77. The van der Waals surface area contributed by atoms with Gasteiger partial charge in [0.25, 0.3) is 5.91 Å². The molecule has 1 fully saturated rings. The van der Waals surface area contributed by atoms with Crippen LogP contribution in [0.4, 0.5) is 4.39 Å². The number of thioether (sulfide) groups is 1. The first-order valence-electron chi connectivity index (χ1n) is 6.45. The molecule has 0 saturated carbocycles. The molecule has 0 spiro atoms. The maximum atomic E-state index is 13.6. The molecule has 1 aliphatic rings. The highest BCUT2D eigenvalue weighted by molar-refractivity contribution is 7.97. The van der Waals surface area contributed by atoms with E-state index in [1.807, 2.05) is 11.2 Å². The maximum absolute atomic E-state index is 13.6. The highest BCUT2D eigenvalue weighted by atomic mass is 32.2. The molecule has 2 rings (SSSR count). The van der Waals surface area contributed by atoms with Gasteiger partial charge in [-0.15, -0.1) is 0 Å². The van der Waals surface area contributed by atoms with Crippen LogP contribution in [-0.4, -0.2) is 36.2 Å². The Labute approximate surface area is 117 Å². The van der Waals surface area contributed by atoms with E-state index < -0.39 is 0 Å². The Kier molecular flexibility index (Phi) is 4.82. The van der Waals surface area contributed by atoms with Crippen molar-refractivity contribution in [2.24, 2.45) is 5.73 Å². The summed E-state index contributed by atoms with van der Waals surface area (Å²) in [5.41, 5.74) is 6.83. The summed E-state index contributed by atoms with van der Waals surface area (Å²) in [6.45, 7) is 1.24. The Bertz CT molecular complexity index is 467. The van der Waals surface area contributed by atoms with Crippen LogP contribution in [0.5, 0.6) is 0 Å². The molecule has 1 amide bonds. The number of nitrogens with two attached hydrogens (primary N) is 1. The molecule has 1 aromatic rings. The second kappa shape index (κ2) is 6.39. The van der Waals surface area contributed by atoms with Gasteiger partial charge in [0.05, 0.1) is 0 Å². The van der Waals surface area contributed by atoms with Crippen molar-refractivity contribution < 1.29 is 9.18 Å². The van der Waals surface area contributed by atoms with Gasteiger partial charge in [0.15, 0.2) is 0 Å². The molecule has 1 saturated heterocycles. The Morgan fingerprint density at radius 2 is 2.37 bits per heavy atom. The number of hydrogen-bond donors (Lipinski definition) is 1. The van der Waals surface area contributed by atoms with Gasteiger partial charge in [0.1, 0.15) is 5.82 Å². The average molecular weight is 282 g/mol. The molecular weight excluding hydrogens is 263 g/mol. The third kappa shape index (κ3) is 3.09. The summed E-state index contributed by atoms with van der Waals surface area (Å²) in [6.07, 6.45) is 3.87. The molecule has 0 radical (unpaired) electrons. The molecular formula is C14H19FN2OS. The van der Waals surface area contributed by atoms with Gasteiger partial charge in [0.2, 0.25) is 0 Å². The van der Waals surface area contributed by atoms with Gasteiger partial charge in [-0.2, -0.15) is 11.8 Å². The van der Waals surface area contributed by atoms with E-state index in [2.05, 4.69) is 0 Å². The highest BCUT2D eigenvalue weighted by Crippen LogP contribution is 2.21. The first-order chi connectivity index (χ1) is 9.17. The normalized spacial score (nSPS) is 18.9. The summed E-state index contributed by atoms with van der Waals surface area (Å²) in [6, 6.07) is 4.74. The van der Waals surface area contributed by atoms with Gasteiger partial charge in [-0.1, -0.05) is 0 Å². The number of carbonyl (C=O) groups is 1. The molecule has 1 heterocycles. The lowest BCUT2D eigenvalue weighted by atomic mass is 10.1. The topological polar surface area (TPSA) is 46.3 Å². The molecule has 19 heavy (non-hydrogen) atoms. The Balaban J connectivity index is 2.21. The molecule has 0 aromatic heterocycles. The fourth-order valence-corrected chi connectivity index (χ4v) is 3.02. The Morgan fingerprint density at radius 1 is 1.58 bits per heavy atom. The average Bonchev–Trinajstić information content (AvgIpc) is 2.89. The van der Waals surface area contributed by atoms with Crippen LogP contribution in [0, 0.1) is 5.82 Å². The molecule has 0 unspecified atom stereocenters. The molecule has 5 heteroatoms. The van der Waals surface area contributed by atoms with Gasteiger partial charge < -0.3 is 10.6 Å². The van der Waals surface area contributed by atoms with Gasteiger partial charge in [-0.3, -0.25) is 4.79 Å². The Hall–Kier alpha value is -1.07. The predicted molar refractivity (Wildman–Crippen MR) is 76.7 cm³/mol. The largest absolute Gasteiger partial charge is 0.334 e. The number of likely N-dealkylation sites (tertiary alicyclic amines) is 1. The number of amides is 1. The third-order valence-corrected chi connectivity index (χ3v) is 4.10. The second-order valence-corrected chi connectivity index (χ2v) is 5.64. The lowest BCUT2D eigenvalue weighted by molar-refractivity contribution is 0.0741. The molecule has 2 N–H and O–H groups in total. The number of nitrogens with zero attached hydrogens (tertiary/aromatic N) is 1. The number of carbonyl (C=O) groups excluding carboxylic acids is 1. The fraction of sp³-hybridized carbons (Fsp3) is 0.500. The standard InChI is InChI=1S/C14H19FN2OS/c1-19-9-11-7-10(4-5-13(11)15)14(18)17-6-2-3-12(17)8-16/h4-5,7,12H,2-3,6,8-9,16H2,1H3/t12-/m1/s1. The quantitative estimate of drug-likeness (QED) is 0.921. The van der Waals surface area contributed by atoms with Crippen LogP contribution in [0.2, 0.25) is 0 Å². The number of hydrogen-bond acceptors (Lipinski definition) is 3. The molecule has 0 bridgehead atoms. The van der Waals surface area contributed by atoms with Gasteiger partial charge >= 0.3 is 0 Å². The number of halogens is 1. The van der Waals surface area contributed by atoms with Crippen LogP contribution in [0.25, 0.3) is 0 Å². The van der Waals surface area contributed by atoms with Crippen LogP contribution < -0.4 is 5.73 Å². The fourth-order valence-electron chi connectivity index (χ4n) is 2.49. The first-order valence-corrected chi connectivity index (χ1v) is 7.85. The highest BCUT2D eigenvalue weighted by Gasteiger charge is 2.28. The van der Waals surface area contributed by atoms with Crippen LogP contribution >= 0.6 is 11.8 Å². The van der Waals surface area contributed by atoms with E-state index in [1.165, 1.54) is 6.07 Å². The summed E-state index contributed by atoms with van der Waals surface area (Å²) in [7, 11) is 0. The van der Waals surface area contributed by atoms with Crippen molar-refractivity contribution in [3.05, 3.63) is 35.1 Å².